The fourth-order valence-electron chi connectivity index (χ4n) is 2.60. The molecule has 1 aromatic heterocycles. The standard InChI is InChI=1S/C19H21N3O3/c1-5-7-20-16(23)11-22-18-14-9-12(3)8-13(4)17(14)21-10-15(18)19(24)25-6-2/h1,8-10H,6-7,11H2,2-4H3,(H,20,23)(H,21,22). The Hall–Kier alpha value is -3.07. The van der Waals surface area contributed by atoms with Crippen molar-refractivity contribution < 1.29 is 14.3 Å². The molecule has 25 heavy (non-hydrogen) atoms. The molecule has 0 unspecified atom stereocenters. The zero-order valence-corrected chi connectivity index (χ0v) is 14.6. The van der Waals surface area contributed by atoms with E-state index in [-0.39, 0.29) is 25.6 Å². The maximum absolute atomic E-state index is 12.3. The topological polar surface area (TPSA) is 80.3 Å². The zero-order valence-electron chi connectivity index (χ0n) is 14.6. The number of carbonyl (C=O) groups is 2. The van der Waals surface area contributed by atoms with Crippen LogP contribution in [0.1, 0.15) is 28.4 Å². The van der Waals surface area contributed by atoms with E-state index in [1.165, 1.54) is 6.20 Å². The molecule has 0 bridgehead atoms. The molecule has 0 saturated carbocycles. The number of esters is 1. The number of hydrogen-bond donors (Lipinski definition) is 2. The van der Waals surface area contributed by atoms with Crippen molar-refractivity contribution in [2.75, 3.05) is 25.0 Å². The number of carbonyl (C=O) groups excluding carboxylic acids is 2. The summed E-state index contributed by atoms with van der Waals surface area (Å²) in [7, 11) is 0. The van der Waals surface area contributed by atoms with Crippen LogP contribution in [0.2, 0.25) is 0 Å². The van der Waals surface area contributed by atoms with Gasteiger partial charge in [-0.2, -0.15) is 0 Å². The minimum absolute atomic E-state index is 0.0137. The van der Waals surface area contributed by atoms with Crippen LogP contribution in [0.3, 0.4) is 0 Å². The highest BCUT2D eigenvalue weighted by molar-refractivity contribution is 6.06. The quantitative estimate of drug-likeness (QED) is 0.623. The first-order valence-electron chi connectivity index (χ1n) is 7.99. The van der Waals surface area contributed by atoms with Gasteiger partial charge < -0.3 is 15.4 Å². The van der Waals surface area contributed by atoms with Gasteiger partial charge in [0.2, 0.25) is 5.91 Å². The smallest absolute Gasteiger partial charge is 0.341 e. The van der Waals surface area contributed by atoms with Gasteiger partial charge in [0, 0.05) is 11.6 Å². The number of nitrogens with zero attached hydrogens (tertiary/aromatic N) is 1. The van der Waals surface area contributed by atoms with Gasteiger partial charge in [-0.3, -0.25) is 9.78 Å². The molecule has 0 atom stereocenters. The Balaban J connectivity index is 2.47. The van der Waals surface area contributed by atoms with Crippen molar-refractivity contribution in [1.82, 2.24) is 10.3 Å². The molecule has 2 aromatic rings. The first-order chi connectivity index (χ1) is 12.0. The molecule has 0 aliphatic carbocycles. The predicted octanol–water partition coefficient (Wildman–Crippen LogP) is 2.19. The molecule has 6 heteroatoms. The van der Waals surface area contributed by atoms with Gasteiger partial charge in [-0.15, -0.1) is 6.42 Å². The fraction of sp³-hybridized carbons (Fsp3) is 0.316. The van der Waals surface area contributed by atoms with E-state index in [4.69, 9.17) is 11.2 Å². The summed E-state index contributed by atoms with van der Waals surface area (Å²) in [5, 5.41) is 6.39. The lowest BCUT2D eigenvalue weighted by molar-refractivity contribution is -0.119. The van der Waals surface area contributed by atoms with E-state index in [1.807, 2.05) is 26.0 Å². The highest BCUT2D eigenvalue weighted by atomic mass is 16.5. The van der Waals surface area contributed by atoms with Crippen LogP contribution in [-0.4, -0.2) is 36.6 Å². The van der Waals surface area contributed by atoms with E-state index in [2.05, 4.69) is 21.5 Å². The number of pyridine rings is 1. The first-order valence-corrected chi connectivity index (χ1v) is 7.99. The average Bonchev–Trinajstić information content (AvgIpc) is 2.57. The van der Waals surface area contributed by atoms with Gasteiger partial charge in [-0.05, 0) is 32.4 Å². The lowest BCUT2D eigenvalue weighted by Gasteiger charge is -2.15. The maximum atomic E-state index is 12.3. The summed E-state index contributed by atoms with van der Waals surface area (Å²) in [5.41, 5.74) is 3.62. The number of rotatable bonds is 6. The second kappa shape index (κ2) is 8.15. The molecule has 2 rings (SSSR count). The number of amides is 1. The summed E-state index contributed by atoms with van der Waals surface area (Å²) >= 11 is 0. The highest BCUT2D eigenvalue weighted by Crippen LogP contribution is 2.29. The second-order valence-electron chi connectivity index (χ2n) is 5.58. The molecule has 0 saturated heterocycles. The molecular formula is C19H21N3O3. The van der Waals surface area contributed by atoms with E-state index in [1.54, 1.807) is 6.92 Å². The monoisotopic (exact) mass is 339 g/mol. The Morgan fingerprint density at radius 3 is 2.76 bits per heavy atom. The number of ether oxygens (including phenoxy) is 1. The van der Waals surface area contributed by atoms with Crippen LogP contribution >= 0.6 is 0 Å². The Morgan fingerprint density at radius 1 is 1.32 bits per heavy atom. The molecular weight excluding hydrogens is 318 g/mol. The molecule has 6 nitrogen and oxygen atoms in total. The predicted molar refractivity (Wildman–Crippen MR) is 97.5 cm³/mol. The third-order valence-corrected chi connectivity index (χ3v) is 3.61. The van der Waals surface area contributed by atoms with Crippen molar-refractivity contribution in [2.24, 2.45) is 0 Å². The van der Waals surface area contributed by atoms with Crippen molar-refractivity contribution in [2.45, 2.75) is 20.8 Å². The van der Waals surface area contributed by atoms with Crippen LogP contribution in [0.4, 0.5) is 5.69 Å². The van der Waals surface area contributed by atoms with Crippen LogP contribution in [0.5, 0.6) is 0 Å². The van der Waals surface area contributed by atoms with Crippen molar-refractivity contribution in [3.05, 3.63) is 35.0 Å². The second-order valence-corrected chi connectivity index (χ2v) is 5.58. The van der Waals surface area contributed by atoms with Gasteiger partial charge in [0.1, 0.15) is 5.56 Å². The summed E-state index contributed by atoms with van der Waals surface area (Å²) in [6, 6.07) is 3.95. The van der Waals surface area contributed by atoms with Gasteiger partial charge in [0.15, 0.2) is 0 Å². The molecule has 0 spiro atoms. The number of anilines is 1. The summed E-state index contributed by atoms with van der Waals surface area (Å²) < 4.78 is 5.10. The number of benzene rings is 1. The lowest BCUT2D eigenvalue weighted by Crippen LogP contribution is -2.30. The summed E-state index contributed by atoms with van der Waals surface area (Å²) in [6.45, 7) is 6.05. The molecule has 0 aliphatic rings. The van der Waals surface area contributed by atoms with Gasteiger partial charge in [-0.25, -0.2) is 4.79 Å². The van der Waals surface area contributed by atoms with Crippen LogP contribution in [-0.2, 0) is 9.53 Å². The molecule has 130 valence electrons. The minimum Gasteiger partial charge on any atom is -0.462 e. The molecule has 0 radical (unpaired) electrons. The van der Waals surface area contributed by atoms with E-state index in [0.29, 0.717) is 11.3 Å². The van der Waals surface area contributed by atoms with Crippen LogP contribution in [0.15, 0.2) is 18.3 Å². The molecule has 1 heterocycles. The number of nitrogens with one attached hydrogen (secondary N) is 2. The molecule has 1 aromatic carbocycles. The van der Waals surface area contributed by atoms with E-state index in [0.717, 1.165) is 22.0 Å². The van der Waals surface area contributed by atoms with Crippen LogP contribution < -0.4 is 10.6 Å². The number of fused-ring (bicyclic) bond motifs is 1. The third kappa shape index (κ3) is 4.27. The molecule has 2 N–H and O–H groups in total. The minimum atomic E-state index is -0.484. The van der Waals surface area contributed by atoms with E-state index < -0.39 is 5.97 Å². The summed E-state index contributed by atoms with van der Waals surface area (Å²) in [4.78, 5) is 28.5. The number of hydrogen-bond acceptors (Lipinski definition) is 5. The first kappa shape index (κ1) is 18.3. The number of terminal acetylenes is 1. The third-order valence-electron chi connectivity index (χ3n) is 3.61. The number of aromatic nitrogens is 1. The van der Waals surface area contributed by atoms with Gasteiger partial charge in [0.05, 0.1) is 30.9 Å². The maximum Gasteiger partial charge on any atom is 0.341 e. The SMILES string of the molecule is C#CCNC(=O)CNc1c(C(=O)OCC)cnc2c(C)cc(C)cc12. The van der Waals surface area contributed by atoms with Crippen molar-refractivity contribution in [3.63, 3.8) is 0 Å². The van der Waals surface area contributed by atoms with Crippen molar-refractivity contribution in [1.29, 1.82) is 0 Å². The average molecular weight is 339 g/mol. The Kier molecular flexibility index (Phi) is 5.96. The van der Waals surface area contributed by atoms with E-state index >= 15 is 0 Å². The highest BCUT2D eigenvalue weighted by Gasteiger charge is 2.18. The fourth-order valence-corrected chi connectivity index (χ4v) is 2.60. The van der Waals surface area contributed by atoms with Crippen molar-refractivity contribution in [3.8, 4) is 12.3 Å². The van der Waals surface area contributed by atoms with Crippen molar-refractivity contribution >= 4 is 28.5 Å². The zero-order chi connectivity index (χ0) is 18.4. The van der Waals surface area contributed by atoms with Gasteiger partial charge in [0.25, 0.3) is 0 Å². The van der Waals surface area contributed by atoms with Crippen LogP contribution in [0.25, 0.3) is 10.9 Å². The Bertz CT molecular complexity index is 853. The molecule has 0 fully saturated rings. The van der Waals surface area contributed by atoms with Gasteiger partial charge >= 0.3 is 5.97 Å². The largest absolute Gasteiger partial charge is 0.462 e. The lowest BCUT2D eigenvalue weighted by atomic mass is 10.0. The normalized spacial score (nSPS) is 10.2. The summed E-state index contributed by atoms with van der Waals surface area (Å²) in [6.07, 6.45) is 6.61. The Morgan fingerprint density at radius 2 is 2.08 bits per heavy atom. The number of aryl methyl sites for hydroxylation is 2. The Labute approximate surface area is 147 Å². The summed E-state index contributed by atoms with van der Waals surface area (Å²) in [5.74, 6) is 1.60. The van der Waals surface area contributed by atoms with Gasteiger partial charge in [-0.1, -0.05) is 17.6 Å². The molecule has 0 aliphatic heterocycles. The van der Waals surface area contributed by atoms with E-state index in [9.17, 15) is 9.59 Å². The van der Waals surface area contributed by atoms with Crippen LogP contribution in [0, 0.1) is 26.2 Å². The molecule has 1 amide bonds.